The predicted molar refractivity (Wildman–Crippen MR) is 405 cm³/mol. The first-order valence-corrected chi connectivity index (χ1v) is 44.6. The van der Waals surface area contributed by atoms with Gasteiger partial charge in [0.1, 0.15) is 19.3 Å². The topological polar surface area (TPSA) is 237 Å². The number of phosphoric acid groups is 2. The van der Waals surface area contributed by atoms with Gasteiger partial charge in [0.05, 0.1) is 26.4 Å². The molecular weight excluding hydrogens is 1290 g/mol. The highest BCUT2D eigenvalue weighted by molar-refractivity contribution is 7.47. The number of unbranched alkanes of at least 4 members (excludes halogenated alkanes) is 52. The van der Waals surface area contributed by atoms with E-state index in [1.807, 2.05) is 0 Å². The summed E-state index contributed by atoms with van der Waals surface area (Å²) in [5.74, 6) is -1.32. The fraction of sp³-hybridized carbons (Fsp3) is 0.950. The lowest BCUT2D eigenvalue weighted by Gasteiger charge is -2.21. The Bertz CT molecular complexity index is 1890. The maximum Gasteiger partial charge on any atom is 0.472 e. The highest BCUT2D eigenvalue weighted by Gasteiger charge is 2.30. The third-order valence-corrected chi connectivity index (χ3v) is 20.7. The van der Waals surface area contributed by atoms with Crippen molar-refractivity contribution >= 4 is 39.5 Å². The van der Waals surface area contributed by atoms with Crippen molar-refractivity contribution in [2.24, 2.45) is 5.92 Å². The van der Waals surface area contributed by atoms with Gasteiger partial charge in [0.15, 0.2) is 12.2 Å². The Morgan fingerprint density at radius 1 is 0.273 bits per heavy atom. The number of hydrogen-bond donors (Lipinski definition) is 3. The molecule has 0 aromatic heterocycles. The molecular formula is C80H156O17P2. The van der Waals surface area contributed by atoms with Crippen LogP contribution in [0.1, 0.15) is 426 Å². The number of aliphatic hydroxyl groups excluding tert-OH is 1. The maximum atomic E-state index is 13.1. The average molecular weight is 1450 g/mol. The van der Waals surface area contributed by atoms with Crippen LogP contribution in [0.3, 0.4) is 0 Å². The van der Waals surface area contributed by atoms with Crippen molar-refractivity contribution in [2.45, 2.75) is 445 Å². The lowest BCUT2D eigenvalue weighted by atomic mass is 10.0. The second kappa shape index (κ2) is 73.0. The first kappa shape index (κ1) is 97.1. The van der Waals surface area contributed by atoms with E-state index in [0.29, 0.717) is 25.7 Å². The fourth-order valence-corrected chi connectivity index (χ4v) is 14.0. The zero-order valence-corrected chi connectivity index (χ0v) is 66.4. The van der Waals surface area contributed by atoms with E-state index in [4.69, 9.17) is 37.0 Å². The molecule has 0 bridgehead atoms. The summed E-state index contributed by atoms with van der Waals surface area (Å²) in [5, 5.41) is 10.6. The monoisotopic (exact) mass is 1450 g/mol. The highest BCUT2D eigenvalue weighted by atomic mass is 31.2. The van der Waals surface area contributed by atoms with E-state index in [-0.39, 0.29) is 25.7 Å². The van der Waals surface area contributed by atoms with Gasteiger partial charge in [0.2, 0.25) is 0 Å². The summed E-state index contributed by atoms with van der Waals surface area (Å²) in [6.07, 6.45) is 63.6. The van der Waals surface area contributed by atoms with E-state index < -0.39 is 97.5 Å². The molecule has 0 heterocycles. The van der Waals surface area contributed by atoms with Crippen molar-refractivity contribution < 1.29 is 80.2 Å². The van der Waals surface area contributed by atoms with Crippen LogP contribution in [0.4, 0.5) is 0 Å². The van der Waals surface area contributed by atoms with E-state index in [1.54, 1.807) is 0 Å². The molecule has 0 aromatic carbocycles. The van der Waals surface area contributed by atoms with Gasteiger partial charge in [-0.3, -0.25) is 37.3 Å². The van der Waals surface area contributed by atoms with Gasteiger partial charge < -0.3 is 33.8 Å². The van der Waals surface area contributed by atoms with Gasteiger partial charge in [-0.25, -0.2) is 9.13 Å². The van der Waals surface area contributed by atoms with Crippen LogP contribution in [0.25, 0.3) is 0 Å². The molecule has 5 atom stereocenters. The molecule has 3 N–H and O–H groups in total. The third-order valence-electron chi connectivity index (χ3n) is 18.8. The zero-order valence-electron chi connectivity index (χ0n) is 64.6. The van der Waals surface area contributed by atoms with Crippen LogP contribution < -0.4 is 0 Å². The van der Waals surface area contributed by atoms with Crippen molar-refractivity contribution in [1.82, 2.24) is 0 Å². The summed E-state index contributed by atoms with van der Waals surface area (Å²) in [6.45, 7) is 7.35. The van der Waals surface area contributed by atoms with Gasteiger partial charge in [-0.1, -0.05) is 375 Å². The van der Waals surface area contributed by atoms with Crippen molar-refractivity contribution in [1.29, 1.82) is 0 Å². The summed E-state index contributed by atoms with van der Waals surface area (Å²) >= 11 is 0. The Morgan fingerprint density at radius 3 is 0.687 bits per heavy atom. The predicted octanol–water partition coefficient (Wildman–Crippen LogP) is 24.0. The number of phosphoric ester groups is 2. The van der Waals surface area contributed by atoms with Crippen LogP contribution in [0.5, 0.6) is 0 Å². The molecule has 19 heteroatoms. The van der Waals surface area contributed by atoms with Gasteiger partial charge in [0, 0.05) is 25.7 Å². The van der Waals surface area contributed by atoms with Gasteiger partial charge in [-0.05, 0) is 31.6 Å². The molecule has 0 rings (SSSR count). The molecule has 0 aromatic rings. The smallest absolute Gasteiger partial charge is 0.462 e. The summed E-state index contributed by atoms with van der Waals surface area (Å²) in [6, 6.07) is 0. The average Bonchev–Trinajstić information content (AvgIpc) is 1.62. The molecule has 99 heavy (non-hydrogen) atoms. The Hall–Kier alpha value is -1.94. The van der Waals surface area contributed by atoms with Crippen LogP contribution in [0, 0.1) is 5.92 Å². The molecule has 0 spiro atoms. The first-order valence-electron chi connectivity index (χ1n) is 41.6. The molecule has 0 aliphatic heterocycles. The lowest BCUT2D eigenvalue weighted by Crippen LogP contribution is -2.30. The first-order chi connectivity index (χ1) is 48.0. The highest BCUT2D eigenvalue weighted by Crippen LogP contribution is 2.45. The van der Waals surface area contributed by atoms with Crippen molar-refractivity contribution in [3.05, 3.63) is 0 Å². The Morgan fingerprint density at radius 2 is 0.465 bits per heavy atom. The van der Waals surface area contributed by atoms with Crippen LogP contribution in [0.15, 0.2) is 0 Å². The molecule has 0 aliphatic carbocycles. The Balaban J connectivity index is 5.27. The largest absolute Gasteiger partial charge is 0.472 e. The zero-order chi connectivity index (χ0) is 72.7. The van der Waals surface area contributed by atoms with Gasteiger partial charge in [-0.2, -0.15) is 0 Å². The van der Waals surface area contributed by atoms with Gasteiger partial charge in [0.25, 0.3) is 0 Å². The normalized spacial score (nSPS) is 13.9. The number of carbonyl (C=O) groups is 4. The SMILES string of the molecule is CCCCCCCCCCCCCCCCCC(=O)OC[C@H](COP(=O)(O)OC[C@@H](O)COP(=O)(O)OC[C@@H](COC(=O)CCCCCCCCCCCCCCC)OC(=O)CCCCCCCCCCCCCCCCC)OC(=O)CCCCCCCCCCCCCCCC(C)C. The summed E-state index contributed by atoms with van der Waals surface area (Å²) < 4.78 is 68.7. The second-order valence-corrected chi connectivity index (χ2v) is 32.2. The molecule has 2 unspecified atom stereocenters. The molecule has 588 valence electrons. The van der Waals surface area contributed by atoms with Crippen molar-refractivity contribution in [2.75, 3.05) is 39.6 Å². The minimum Gasteiger partial charge on any atom is -0.462 e. The van der Waals surface area contributed by atoms with E-state index in [9.17, 15) is 43.2 Å². The molecule has 17 nitrogen and oxygen atoms in total. The number of carbonyl (C=O) groups excluding carboxylic acids is 4. The number of ether oxygens (including phenoxy) is 4. The molecule has 0 amide bonds. The van der Waals surface area contributed by atoms with Crippen LogP contribution in [-0.4, -0.2) is 96.7 Å². The van der Waals surface area contributed by atoms with Gasteiger partial charge in [-0.15, -0.1) is 0 Å². The van der Waals surface area contributed by atoms with E-state index in [2.05, 4.69) is 34.6 Å². The minimum absolute atomic E-state index is 0.108. The standard InChI is InChI=1S/C80H156O17P2/c1-6-9-12-15-18-21-24-27-29-34-39-44-49-54-59-64-78(83)91-70-76(97-80(85)66-61-56-51-46-41-36-31-33-37-42-47-52-57-62-73(4)5)72-95-99(88,89)93-68-74(81)67-92-98(86,87)94-71-75(69-90-77(82)63-58-53-48-43-38-32-26-23-20-17-14-11-8-3)96-79(84)65-60-55-50-45-40-35-30-28-25-22-19-16-13-10-7-2/h73-76,81H,6-72H2,1-5H3,(H,86,87)(H,88,89)/t74-,75+,76+/m0/s1. The fourth-order valence-electron chi connectivity index (χ4n) is 12.4. The third kappa shape index (κ3) is 74.1. The lowest BCUT2D eigenvalue weighted by molar-refractivity contribution is -0.161. The van der Waals surface area contributed by atoms with Gasteiger partial charge >= 0.3 is 39.5 Å². The Kier molecular flexibility index (Phi) is 71.6. The quantitative estimate of drug-likeness (QED) is 0.0222. The maximum absolute atomic E-state index is 13.1. The molecule has 0 aliphatic rings. The Labute approximate surface area is 607 Å². The molecule has 0 fully saturated rings. The molecule has 0 saturated heterocycles. The minimum atomic E-state index is -4.96. The van der Waals surface area contributed by atoms with E-state index in [1.165, 1.54) is 250 Å². The van der Waals surface area contributed by atoms with Crippen molar-refractivity contribution in [3.8, 4) is 0 Å². The second-order valence-electron chi connectivity index (χ2n) is 29.3. The number of esters is 4. The summed E-state index contributed by atoms with van der Waals surface area (Å²) in [7, 11) is -9.92. The number of hydrogen-bond acceptors (Lipinski definition) is 15. The van der Waals surface area contributed by atoms with Crippen LogP contribution >= 0.6 is 15.6 Å². The molecule has 0 radical (unpaired) electrons. The van der Waals surface area contributed by atoms with E-state index >= 15 is 0 Å². The van der Waals surface area contributed by atoms with Crippen LogP contribution in [-0.2, 0) is 65.4 Å². The number of aliphatic hydroxyl groups is 1. The van der Waals surface area contributed by atoms with Crippen molar-refractivity contribution in [3.63, 3.8) is 0 Å². The summed E-state index contributed by atoms with van der Waals surface area (Å²) in [4.78, 5) is 73.0. The van der Waals surface area contributed by atoms with Crippen LogP contribution in [0.2, 0.25) is 0 Å². The molecule has 0 saturated carbocycles. The summed E-state index contributed by atoms with van der Waals surface area (Å²) in [5.41, 5.74) is 0. The van der Waals surface area contributed by atoms with E-state index in [0.717, 1.165) is 95.8 Å². The number of rotatable bonds is 80.